The first-order valence-corrected chi connectivity index (χ1v) is 7.25. The van der Waals surface area contributed by atoms with Gasteiger partial charge in [0.25, 0.3) is 0 Å². The van der Waals surface area contributed by atoms with E-state index in [4.69, 9.17) is 4.42 Å². The summed E-state index contributed by atoms with van der Waals surface area (Å²) in [6.07, 6.45) is -3.00. The first-order chi connectivity index (χ1) is 11.4. The van der Waals surface area contributed by atoms with Gasteiger partial charge < -0.3 is 29.6 Å². The Kier molecular flexibility index (Phi) is 4.04. The molecule has 0 bridgehead atoms. The lowest BCUT2D eigenvalue weighted by Crippen LogP contribution is -2.44. The molecule has 0 radical (unpaired) electrons. The fourth-order valence-corrected chi connectivity index (χ4v) is 3.06. The quantitative estimate of drug-likeness (QED) is 0.540. The van der Waals surface area contributed by atoms with Crippen molar-refractivity contribution in [1.29, 1.82) is 0 Å². The van der Waals surface area contributed by atoms with E-state index in [9.17, 15) is 30.0 Å². The molecule has 128 valence electrons. The Balaban J connectivity index is 2.35. The van der Waals surface area contributed by atoms with Gasteiger partial charge in [0.05, 0.1) is 31.5 Å². The third-order valence-corrected chi connectivity index (χ3v) is 4.23. The van der Waals surface area contributed by atoms with Gasteiger partial charge in [-0.1, -0.05) is 0 Å². The van der Waals surface area contributed by atoms with Crippen molar-refractivity contribution in [2.24, 2.45) is 0 Å². The average Bonchev–Trinajstić information content (AvgIpc) is 2.55. The zero-order chi connectivity index (χ0) is 17.6. The average molecular weight is 336 g/mol. The fraction of sp³-hybridized carbons (Fsp3) is 0.375. The van der Waals surface area contributed by atoms with Crippen LogP contribution in [0.25, 0.3) is 11.0 Å². The van der Waals surface area contributed by atoms with E-state index in [2.05, 4.69) is 4.74 Å². The van der Waals surface area contributed by atoms with E-state index in [-0.39, 0.29) is 35.3 Å². The number of benzene rings is 1. The van der Waals surface area contributed by atoms with Gasteiger partial charge in [0.1, 0.15) is 28.4 Å². The molecule has 0 fully saturated rings. The van der Waals surface area contributed by atoms with Crippen LogP contribution >= 0.6 is 0 Å². The van der Waals surface area contributed by atoms with E-state index in [1.165, 1.54) is 12.1 Å². The number of rotatable bonds is 2. The van der Waals surface area contributed by atoms with Gasteiger partial charge in [0.15, 0.2) is 0 Å². The number of aliphatic hydroxyl groups excluding tert-OH is 3. The number of fused-ring (bicyclic) bond motifs is 2. The molecule has 1 aliphatic carbocycles. The highest BCUT2D eigenvalue weighted by atomic mass is 16.5. The molecule has 1 aromatic heterocycles. The second-order valence-corrected chi connectivity index (χ2v) is 5.68. The van der Waals surface area contributed by atoms with Gasteiger partial charge in [-0.25, -0.2) is 0 Å². The van der Waals surface area contributed by atoms with E-state index in [1.54, 1.807) is 0 Å². The number of esters is 1. The molecule has 0 amide bonds. The third-order valence-electron chi connectivity index (χ3n) is 4.23. The molecule has 0 aliphatic heterocycles. The van der Waals surface area contributed by atoms with Crippen molar-refractivity contribution >= 4 is 16.9 Å². The van der Waals surface area contributed by atoms with E-state index < -0.39 is 35.3 Å². The van der Waals surface area contributed by atoms with Crippen LogP contribution in [0.2, 0.25) is 0 Å². The maximum atomic E-state index is 12.8. The Morgan fingerprint density at radius 1 is 1.38 bits per heavy atom. The summed E-state index contributed by atoms with van der Waals surface area (Å²) in [5.74, 6) is -2.67. The van der Waals surface area contributed by atoms with Crippen LogP contribution in [0.5, 0.6) is 5.75 Å². The summed E-state index contributed by atoms with van der Waals surface area (Å²) in [5, 5.41) is 39.1. The summed E-state index contributed by atoms with van der Waals surface area (Å²) < 4.78 is 10.2. The Morgan fingerprint density at radius 2 is 2.08 bits per heavy atom. The highest BCUT2D eigenvalue weighted by Crippen LogP contribution is 2.35. The van der Waals surface area contributed by atoms with Gasteiger partial charge in [0.2, 0.25) is 5.43 Å². The minimum absolute atomic E-state index is 0.0232. The predicted octanol–water partition coefficient (Wildman–Crippen LogP) is -0.475. The van der Waals surface area contributed by atoms with E-state index >= 15 is 0 Å². The molecule has 1 aliphatic rings. The normalized spacial score (nSPS) is 23.1. The van der Waals surface area contributed by atoms with Crippen LogP contribution in [-0.2, 0) is 22.6 Å². The van der Waals surface area contributed by atoms with Gasteiger partial charge >= 0.3 is 5.97 Å². The number of carbonyl (C=O) groups is 1. The number of aromatic hydroxyl groups is 1. The Hall–Kier alpha value is -2.42. The number of aliphatic hydroxyl groups is 3. The van der Waals surface area contributed by atoms with Crippen LogP contribution < -0.4 is 5.43 Å². The minimum atomic E-state index is -1.52. The summed E-state index contributed by atoms with van der Waals surface area (Å²) in [5.41, 5.74) is -0.465. The van der Waals surface area contributed by atoms with Crippen LogP contribution in [-0.4, -0.2) is 45.7 Å². The molecule has 4 N–H and O–H groups in total. The van der Waals surface area contributed by atoms with E-state index in [0.717, 1.165) is 7.11 Å². The summed E-state index contributed by atoms with van der Waals surface area (Å²) in [6.45, 7) is -0.365. The van der Waals surface area contributed by atoms with Crippen molar-refractivity contribution in [2.75, 3.05) is 7.11 Å². The molecule has 0 saturated heterocycles. The molecule has 24 heavy (non-hydrogen) atoms. The molecule has 0 spiro atoms. The number of hydrogen-bond donors (Lipinski definition) is 4. The lowest BCUT2D eigenvalue weighted by atomic mass is 9.81. The molecule has 0 saturated carbocycles. The van der Waals surface area contributed by atoms with Crippen LogP contribution in [0, 0.1) is 0 Å². The van der Waals surface area contributed by atoms with Gasteiger partial charge in [-0.3, -0.25) is 9.59 Å². The minimum Gasteiger partial charge on any atom is -0.507 e. The Bertz CT molecular complexity index is 868. The molecule has 2 aromatic rings. The van der Waals surface area contributed by atoms with Crippen LogP contribution in [0.3, 0.4) is 0 Å². The fourth-order valence-electron chi connectivity index (χ4n) is 3.06. The third kappa shape index (κ3) is 2.35. The molecule has 8 heteroatoms. The van der Waals surface area contributed by atoms with Crippen molar-refractivity contribution in [1.82, 2.24) is 0 Å². The zero-order valence-electron chi connectivity index (χ0n) is 12.7. The predicted molar refractivity (Wildman–Crippen MR) is 80.5 cm³/mol. The van der Waals surface area contributed by atoms with E-state index in [1.807, 2.05) is 0 Å². The number of carbonyl (C=O) groups excluding carboxylic acids is 1. The summed E-state index contributed by atoms with van der Waals surface area (Å²) in [4.78, 5) is 24.8. The standard InChI is InChI=1S/C16H16O8/c1-23-16(22)13-12-10(4-8(19)14(13)20)24-9-3-6(5-17)2-7(18)11(9)15(12)21/h2-3,8,13-14,17-20H,4-5H2,1H3/t8-,13+,14-/m1/s1. The van der Waals surface area contributed by atoms with Crippen LogP contribution in [0.15, 0.2) is 21.3 Å². The lowest BCUT2D eigenvalue weighted by Gasteiger charge is -2.30. The molecule has 3 rings (SSSR count). The highest BCUT2D eigenvalue weighted by molar-refractivity contribution is 5.87. The molecule has 1 aromatic carbocycles. The van der Waals surface area contributed by atoms with Crippen molar-refractivity contribution in [3.8, 4) is 5.75 Å². The van der Waals surface area contributed by atoms with Crippen LogP contribution in [0.4, 0.5) is 0 Å². The highest BCUT2D eigenvalue weighted by Gasteiger charge is 2.43. The molecule has 3 atom stereocenters. The number of methoxy groups -OCH3 is 1. The number of ether oxygens (including phenoxy) is 1. The van der Waals surface area contributed by atoms with Gasteiger partial charge in [-0.05, 0) is 17.7 Å². The molecular formula is C16H16O8. The van der Waals surface area contributed by atoms with Crippen LogP contribution in [0.1, 0.15) is 22.8 Å². The molecule has 8 nitrogen and oxygen atoms in total. The Labute approximate surface area is 135 Å². The molecular weight excluding hydrogens is 320 g/mol. The van der Waals surface area contributed by atoms with Crippen molar-refractivity contribution in [3.05, 3.63) is 39.2 Å². The second kappa shape index (κ2) is 5.90. The first kappa shape index (κ1) is 16.4. The first-order valence-electron chi connectivity index (χ1n) is 7.25. The monoisotopic (exact) mass is 336 g/mol. The van der Waals surface area contributed by atoms with Gasteiger partial charge in [0, 0.05) is 6.42 Å². The maximum absolute atomic E-state index is 12.8. The molecule has 1 heterocycles. The SMILES string of the molecule is COC(=O)[C@H]1c2c(oc3cc(CO)cc(O)c3c2=O)C[C@@H](O)[C@H]1O. The number of phenols is 1. The van der Waals surface area contributed by atoms with Gasteiger partial charge in [-0.2, -0.15) is 0 Å². The zero-order valence-corrected chi connectivity index (χ0v) is 12.7. The maximum Gasteiger partial charge on any atom is 0.316 e. The molecule has 0 unspecified atom stereocenters. The number of hydrogen-bond acceptors (Lipinski definition) is 8. The largest absolute Gasteiger partial charge is 0.507 e. The second-order valence-electron chi connectivity index (χ2n) is 5.68. The summed E-state index contributed by atoms with van der Waals surface area (Å²) in [7, 11) is 1.10. The van der Waals surface area contributed by atoms with Crippen molar-refractivity contribution in [2.45, 2.75) is 31.2 Å². The Morgan fingerprint density at radius 3 is 2.71 bits per heavy atom. The van der Waals surface area contributed by atoms with Crippen molar-refractivity contribution < 1.29 is 34.4 Å². The summed E-state index contributed by atoms with van der Waals surface area (Å²) >= 11 is 0. The van der Waals surface area contributed by atoms with Gasteiger partial charge in [-0.15, -0.1) is 0 Å². The summed E-state index contributed by atoms with van der Waals surface area (Å²) in [6, 6.07) is 2.61. The van der Waals surface area contributed by atoms with E-state index in [0.29, 0.717) is 5.56 Å². The topological polar surface area (TPSA) is 137 Å². The smallest absolute Gasteiger partial charge is 0.316 e. The van der Waals surface area contributed by atoms with Crippen molar-refractivity contribution in [3.63, 3.8) is 0 Å². The number of phenolic OH excluding ortho intramolecular Hbond substituents is 1. The lowest BCUT2D eigenvalue weighted by molar-refractivity contribution is -0.148.